The number of hydrogen-bond acceptors (Lipinski definition) is 1. The molecule has 0 bridgehead atoms. The first kappa shape index (κ1) is 18.8. The van der Waals surface area contributed by atoms with Crippen LogP contribution in [0.3, 0.4) is 0 Å². The highest BCUT2D eigenvalue weighted by Crippen LogP contribution is 2.27. The smallest absolute Gasteiger partial charge is 0.222 e. The number of halogens is 1. The number of amides is 1. The van der Waals surface area contributed by atoms with Crippen molar-refractivity contribution in [1.82, 2.24) is 9.88 Å². The minimum absolute atomic E-state index is 0.248. The van der Waals surface area contributed by atoms with E-state index in [0.29, 0.717) is 13.0 Å². The van der Waals surface area contributed by atoms with Gasteiger partial charge in [0.25, 0.3) is 0 Å². The lowest BCUT2D eigenvalue weighted by atomic mass is 9.99. The molecule has 4 rings (SSSR count). The summed E-state index contributed by atoms with van der Waals surface area (Å²) in [5, 5.41) is 1.93. The van der Waals surface area contributed by atoms with Crippen LogP contribution in [0.15, 0.2) is 54.7 Å². The van der Waals surface area contributed by atoms with E-state index in [1.54, 1.807) is 0 Å². The molecule has 3 aromatic rings. The van der Waals surface area contributed by atoms with Gasteiger partial charge in [0.05, 0.1) is 0 Å². The zero-order valence-corrected chi connectivity index (χ0v) is 16.9. The number of nitrogens with one attached hydrogen (secondary N) is 1. The molecular formula is C24H25ClN2O. The van der Waals surface area contributed by atoms with E-state index in [2.05, 4.69) is 42.2 Å². The second-order valence-corrected chi connectivity index (χ2v) is 7.93. The highest BCUT2D eigenvalue weighted by Gasteiger charge is 2.18. The minimum Gasteiger partial charge on any atom is -0.361 e. The number of nitrogens with zero attached hydrogens (tertiary/aromatic N) is 1. The number of aryl methyl sites for hydroxylation is 2. The lowest BCUT2D eigenvalue weighted by molar-refractivity contribution is -0.130. The van der Waals surface area contributed by atoms with Gasteiger partial charge in [-0.15, -0.1) is 0 Å². The zero-order chi connectivity index (χ0) is 19.5. The van der Waals surface area contributed by atoms with Crippen LogP contribution in [0.2, 0.25) is 5.02 Å². The van der Waals surface area contributed by atoms with Crippen LogP contribution in [0.4, 0.5) is 0 Å². The summed E-state index contributed by atoms with van der Waals surface area (Å²) in [6.45, 7) is 3.58. The summed E-state index contributed by atoms with van der Waals surface area (Å²) < 4.78 is 0. The van der Waals surface area contributed by atoms with Crippen LogP contribution in [-0.4, -0.2) is 28.9 Å². The monoisotopic (exact) mass is 392 g/mol. The van der Waals surface area contributed by atoms with Gasteiger partial charge in [0.2, 0.25) is 5.91 Å². The van der Waals surface area contributed by atoms with Crippen molar-refractivity contribution in [3.63, 3.8) is 0 Å². The van der Waals surface area contributed by atoms with E-state index in [9.17, 15) is 4.79 Å². The lowest BCUT2D eigenvalue weighted by Gasteiger charge is -2.26. The number of aromatic nitrogens is 1. The fourth-order valence-corrected chi connectivity index (χ4v) is 4.30. The molecule has 144 valence electrons. The van der Waals surface area contributed by atoms with Crippen molar-refractivity contribution in [3.05, 3.63) is 76.5 Å². The maximum atomic E-state index is 12.6. The Balaban J connectivity index is 1.33. The highest BCUT2D eigenvalue weighted by atomic mass is 35.5. The maximum absolute atomic E-state index is 12.6. The van der Waals surface area contributed by atoms with Gasteiger partial charge in [-0.25, -0.2) is 0 Å². The molecule has 0 fully saturated rings. The summed E-state index contributed by atoms with van der Waals surface area (Å²) in [7, 11) is 0. The molecule has 0 unspecified atom stereocenters. The molecule has 0 atom stereocenters. The Hall–Kier alpha value is -2.52. The molecule has 2 heterocycles. The van der Waals surface area contributed by atoms with Crippen molar-refractivity contribution in [2.24, 2.45) is 0 Å². The standard InChI is InChI=1S/C24H25ClN2O/c1-17-14-21(25)15-22-20(16-26-24(17)22)8-5-9-23(28)27-12-10-19(11-13-27)18-6-3-2-4-7-18/h2-4,6-7,10,14-16,26H,5,8-9,11-13H2,1H3. The predicted molar refractivity (Wildman–Crippen MR) is 117 cm³/mol. The van der Waals surface area contributed by atoms with Crippen molar-refractivity contribution in [2.45, 2.75) is 32.6 Å². The van der Waals surface area contributed by atoms with E-state index in [1.807, 2.05) is 29.3 Å². The molecule has 2 aromatic carbocycles. The van der Waals surface area contributed by atoms with Gasteiger partial charge in [-0.05, 0) is 60.6 Å². The van der Waals surface area contributed by atoms with Crippen LogP contribution in [0.1, 0.15) is 36.0 Å². The van der Waals surface area contributed by atoms with Gasteiger partial charge in [0, 0.05) is 41.6 Å². The SMILES string of the molecule is Cc1cc(Cl)cc2c(CCCC(=O)N3CC=C(c4ccccc4)CC3)c[nH]c12. The Morgan fingerprint density at radius 1 is 1.21 bits per heavy atom. The molecule has 0 radical (unpaired) electrons. The van der Waals surface area contributed by atoms with E-state index in [4.69, 9.17) is 11.6 Å². The Bertz CT molecular complexity index is 1020. The van der Waals surface area contributed by atoms with E-state index >= 15 is 0 Å². The third-order valence-corrected chi connectivity index (χ3v) is 5.80. The van der Waals surface area contributed by atoms with E-state index in [-0.39, 0.29) is 5.91 Å². The molecule has 28 heavy (non-hydrogen) atoms. The van der Waals surface area contributed by atoms with Gasteiger partial charge < -0.3 is 9.88 Å². The summed E-state index contributed by atoms with van der Waals surface area (Å²) in [5.74, 6) is 0.248. The summed E-state index contributed by atoms with van der Waals surface area (Å²) >= 11 is 6.21. The Morgan fingerprint density at radius 2 is 2.04 bits per heavy atom. The van der Waals surface area contributed by atoms with E-state index in [1.165, 1.54) is 22.1 Å². The number of benzene rings is 2. The summed E-state index contributed by atoms with van der Waals surface area (Å²) in [4.78, 5) is 17.9. The molecule has 1 aliphatic heterocycles. The normalized spacial score (nSPS) is 14.4. The van der Waals surface area contributed by atoms with Crippen LogP contribution in [0.25, 0.3) is 16.5 Å². The first-order chi connectivity index (χ1) is 13.6. The number of carbonyl (C=O) groups excluding carboxylic acids is 1. The van der Waals surface area contributed by atoms with E-state index in [0.717, 1.165) is 41.9 Å². The van der Waals surface area contributed by atoms with Crippen LogP contribution in [0.5, 0.6) is 0 Å². The van der Waals surface area contributed by atoms with Crippen molar-refractivity contribution in [3.8, 4) is 0 Å². The van der Waals surface area contributed by atoms with Gasteiger partial charge in [0.1, 0.15) is 0 Å². The topological polar surface area (TPSA) is 36.1 Å². The second kappa shape index (κ2) is 8.24. The average Bonchev–Trinajstić information content (AvgIpc) is 3.12. The fraction of sp³-hybridized carbons (Fsp3) is 0.292. The fourth-order valence-electron chi connectivity index (χ4n) is 4.03. The molecule has 4 heteroatoms. The Morgan fingerprint density at radius 3 is 2.79 bits per heavy atom. The van der Waals surface area contributed by atoms with Gasteiger partial charge in [-0.3, -0.25) is 4.79 Å². The molecule has 1 amide bonds. The molecule has 1 N–H and O–H groups in total. The molecule has 1 aromatic heterocycles. The lowest BCUT2D eigenvalue weighted by Crippen LogP contribution is -2.34. The third-order valence-electron chi connectivity index (χ3n) is 5.58. The number of carbonyl (C=O) groups is 1. The number of aromatic amines is 1. The van der Waals surface area contributed by atoms with Crippen LogP contribution in [-0.2, 0) is 11.2 Å². The molecule has 0 aliphatic carbocycles. The first-order valence-corrected chi connectivity index (χ1v) is 10.3. The Labute approximate surface area is 171 Å². The average molecular weight is 393 g/mol. The molecular weight excluding hydrogens is 368 g/mol. The molecule has 3 nitrogen and oxygen atoms in total. The van der Waals surface area contributed by atoms with Crippen molar-refractivity contribution in [1.29, 1.82) is 0 Å². The second-order valence-electron chi connectivity index (χ2n) is 7.50. The largest absolute Gasteiger partial charge is 0.361 e. The molecule has 0 saturated heterocycles. The maximum Gasteiger partial charge on any atom is 0.222 e. The number of fused-ring (bicyclic) bond motifs is 1. The predicted octanol–water partition coefficient (Wildman–Crippen LogP) is 5.77. The van der Waals surface area contributed by atoms with Crippen LogP contribution >= 0.6 is 11.6 Å². The van der Waals surface area contributed by atoms with Crippen molar-refractivity contribution in [2.75, 3.05) is 13.1 Å². The minimum atomic E-state index is 0.248. The van der Waals surface area contributed by atoms with Crippen molar-refractivity contribution >= 4 is 34.0 Å². The first-order valence-electron chi connectivity index (χ1n) is 9.90. The van der Waals surface area contributed by atoms with Crippen LogP contribution in [0, 0.1) is 6.92 Å². The van der Waals surface area contributed by atoms with Crippen LogP contribution < -0.4 is 0 Å². The van der Waals surface area contributed by atoms with Gasteiger partial charge in [0.15, 0.2) is 0 Å². The van der Waals surface area contributed by atoms with Gasteiger partial charge in [-0.1, -0.05) is 48.0 Å². The van der Waals surface area contributed by atoms with E-state index < -0.39 is 0 Å². The zero-order valence-electron chi connectivity index (χ0n) is 16.2. The number of H-pyrrole nitrogens is 1. The van der Waals surface area contributed by atoms with Gasteiger partial charge in [-0.2, -0.15) is 0 Å². The molecule has 0 spiro atoms. The number of rotatable bonds is 5. The number of hydrogen-bond donors (Lipinski definition) is 1. The highest BCUT2D eigenvalue weighted by molar-refractivity contribution is 6.31. The third kappa shape index (κ3) is 4.00. The Kier molecular flexibility index (Phi) is 5.54. The molecule has 1 aliphatic rings. The summed E-state index contributed by atoms with van der Waals surface area (Å²) in [5.41, 5.74) is 6.14. The summed E-state index contributed by atoms with van der Waals surface area (Å²) in [6, 6.07) is 14.4. The molecule has 0 saturated carbocycles. The quantitative estimate of drug-likeness (QED) is 0.588. The van der Waals surface area contributed by atoms with Gasteiger partial charge >= 0.3 is 0 Å². The summed E-state index contributed by atoms with van der Waals surface area (Å²) in [6.07, 6.45) is 7.49. The van der Waals surface area contributed by atoms with Crippen molar-refractivity contribution < 1.29 is 4.79 Å².